The average Bonchev–Trinajstić information content (AvgIpc) is 2.00. The zero-order chi connectivity index (χ0) is 9.02. The van der Waals surface area contributed by atoms with Gasteiger partial charge in [-0.1, -0.05) is 13.8 Å². The molecule has 4 nitrogen and oxygen atoms in total. The number of methoxy groups -OCH3 is 1. The number of hydrogen-bond donors (Lipinski definition) is 0. The monoisotopic (exact) mass is 158 g/mol. The van der Waals surface area contributed by atoms with Crippen LogP contribution in [0.2, 0.25) is 0 Å². The number of rotatable bonds is 3. The fourth-order valence-corrected chi connectivity index (χ4v) is 0.455. The maximum Gasteiger partial charge on any atom is 0.382 e. The van der Waals surface area contributed by atoms with E-state index in [1.165, 1.54) is 0 Å². The Morgan fingerprint density at radius 1 is 1.18 bits per heavy atom. The molecule has 0 aromatic heterocycles. The van der Waals surface area contributed by atoms with E-state index in [0.717, 1.165) is 7.11 Å². The Bertz CT molecular complexity index is 193. The Morgan fingerprint density at radius 3 is 1.91 bits per heavy atom. The fraction of sp³-hybridized carbons (Fsp3) is 0.571. The van der Waals surface area contributed by atoms with E-state index in [2.05, 4.69) is 4.74 Å². The Hall–Kier alpha value is -1.19. The van der Waals surface area contributed by atoms with Gasteiger partial charge in [-0.05, 0) is 0 Å². The molecule has 0 N–H and O–H groups in total. The van der Waals surface area contributed by atoms with Crippen LogP contribution in [-0.4, -0.2) is 24.6 Å². The molecule has 0 aliphatic carbocycles. The molecule has 0 aliphatic heterocycles. The summed E-state index contributed by atoms with van der Waals surface area (Å²) in [7, 11) is 1.06. The summed E-state index contributed by atoms with van der Waals surface area (Å²) < 4.78 is 4.07. The molecule has 0 saturated carbocycles. The molecular formula is C7H10O4. The molecule has 0 aliphatic rings. The number of esters is 1. The minimum Gasteiger partial charge on any atom is -0.463 e. The van der Waals surface area contributed by atoms with E-state index in [1.54, 1.807) is 13.8 Å². The highest BCUT2D eigenvalue weighted by atomic mass is 16.5. The molecule has 0 rings (SSSR count). The lowest BCUT2D eigenvalue weighted by atomic mass is 10.1. The molecule has 0 fully saturated rings. The van der Waals surface area contributed by atoms with E-state index in [4.69, 9.17) is 0 Å². The van der Waals surface area contributed by atoms with Crippen LogP contribution >= 0.6 is 0 Å². The van der Waals surface area contributed by atoms with Crippen molar-refractivity contribution >= 4 is 17.5 Å². The van der Waals surface area contributed by atoms with E-state index in [-0.39, 0.29) is 0 Å². The normalized spacial score (nSPS) is 9.45. The second kappa shape index (κ2) is 3.85. The van der Waals surface area contributed by atoms with Crippen molar-refractivity contribution in [3.8, 4) is 0 Å². The van der Waals surface area contributed by atoms with Gasteiger partial charge in [0.05, 0.1) is 7.11 Å². The van der Waals surface area contributed by atoms with E-state index >= 15 is 0 Å². The van der Waals surface area contributed by atoms with Crippen molar-refractivity contribution in [1.82, 2.24) is 0 Å². The van der Waals surface area contributed by atoms with Gasteiger partial charge in [0.1, 0.15) is 0 Å². The highest BCUT2D eigenvalue weighted by Gasteiger charge is 2.25. The van der Waals surface area contributed by atoms with E-state index < -0.39 is 23.5 Å². The first-order chi connectivity index (χ1) is 5.00. The van der Waals surface area contributed by atoms with Gasteiger partial charge in [-0.2, -0.15) is 0 Å². The fourth-order valence-electron chi connectivity index (χ4n) is 0.455. The number of hydrogen-bond acceptors (Lipinski definition) is 4. The number of carbonyl (C=O) groups excluding carboxylic acids is 3. The van der Waals surface area contributed by atoms with Gasteiger partial charge in [-0.3, -0.25) is 9.59 Å². The number of Topliss-reactive ketones (excluding diaryl/α,β-unsaturated/α-hetero) is 2. The molecule has 0 unspecified atom stereocenters. The van der Waals surface area contributed by atoms with Crippen molar-refractivity contribution in [3.63, 3.8) is 0 Å². The van der Waals surface area contributed by atoms with Crippen LogP contribution in [0.15, 0.2) is 0 Å². The molecule has 62 valence electrons. The average molecular weight is 158 g/mol. The second-order valence-electron chi connectivity index (χ2n) is 2.34. The van der Waals surface area contributed by atoms with Gasteiger partial charge in [-0.25, -0.2) is 4.79 Å². The standard InChI is InChI=1S/C7H10O4/c1-4(2)5(8)6(9)7(10)11-3/h4H,1-3H3. The predicted octanol–water partition coefficient (Wildman–Crippen LogP) is -0.0464. The molecule has 0 amide bonds. The van der Waals surface area contributed by atoms with Crippen LogP contribution in [0.25, 0.3) is 0 Å². The van der Waals surface area contributed by atoms with E-state index in [0.29, 0.717) is 0 Å². The molecule has 0 radical (unpaired) electrons. The summed E-state index contributed by atoms with van der Waals surface area (Å²) >= 11 is 0. The van der Waals surface area contributed by atoms with E-state index in [1.807, 2.05) is 0 Å². The predicted molar refractivity (Wildman–Crippen MR) is 36.9 cm³/mol. The lowest BCUT2D eigenvalue weighted by molar-refractivity contribution is -0.155. The van der Waals surface area contributed by atoms with Gasteiger partial charge in [0.25, 0.3) is 0 Å². The molecule has 11 heavy (non-hydrogen) atoms. The number of ether oxygens (including phenoxy) is 1. The van der Waals surface area contributed by atoms with Crippen LogP contribution in [0.4, 0.5) is 0 Å². The van der Waals surface area contributed by atoms with Crippen LogP contribution < -0.4 is 0 Å². The molecule has 0 bridgehead atoms. The molecule has 0 atom stereocenters. The Kier molecular flexibility index (Phi) is 3.44. The summed E-state index contributed by atoms with van der Waals surface area (Å²) in [5, 5.41) is 0. The number of ketones is 2. The van der Waals surface area contributed by atoms with Crippen molar-refractivity contribution in [2.75, 3.05) is 7.11 Å². The molecule has 0 aromatic rings. The Morgan fingerprint density at radius 2 is 1.64 bits per heavy atom. The van der Waals surface area contributed by atoms with Crippen molar-refractivity contribution in [2.24, 2.45) is 5.92 Å². The maximum atomic E-state index is 10.8. The summed E-state index contributed by atoms with van der Waals surface area (Å²) in [6.07, 6.45) is 0. The largest absolute Gasteiger partial charge is 0.463 e. The highest BCUT2D eigenvalue weighted by molar-refractivity contribution is 6.62. The zero-order valence-corrected chi connectivity index (χ0v) is 6.71. The van der Waals surface area contributed by atoms with Gasteiger partial charge in [0.2, 0.25) is 5.78 Å². The Balaban J connectivity index is 4.26. The molecule has 0 saturated heterocycles. The van der Waals surface area contributed by atoms with Crippen LogP contribution in [-0.2, 0) is 19.1 Å². The van der Waals surface area contributed by atoms with Crippen molar-refractivity contribution in [2.45, 2.75) is 13.8 Å². The van der Waals surface area contributed by atoms with Crippen LogP contribution in [0, 0.1) is 5.92 Å². The minimum absolute atomic E-state index is 0.457. The first-order valence-corrected chi connectivity index (χ1v) is 3.17. The number of carbonyl (C=O) groups is 3. The summed E-state index contributed by atoms with van der Waals surface area (Å²) in [5.74, 6) is -3.34. The SMILES string of the molecule is COC(=O)C(=O)C(=O)C(C)C. The van der Waals surface area contributed by atoms with E-state index in [9.17, 15) is 14.4 Å². The van der Waals surface area contributed by atoms with Gasteiger partial charge >= 0.3 is 11.8 Å². The van der Waals surface area contributed by atoms with Crippen LogP contribution in [0.3, 0.4) is 0 Å². The molecule has 0 spiro atoms. The third-order valence-corrected chi connectivity index (χ3v) is 1.12. The Labute approximate surface area is 64.5 Å². The summed E-state index contributed by atoms with van der Waals surface area (Å²) in [5.41, 5.74) is 0. The smallest absolute Gasteiger partial charge is 0.382 e. The van der Waals surface area contributed by atoms with Gasteiger partial charge in [0.15, 0.2) is 0 Å². The summed E-state index contributed by atoms with van der Waals surface area (Å²) in [6, 6.07) is 0. The maximum absolute atomic E-state index is 10.8. The first-order valence-electron chi connectivity index (χ1n) is 3.17. The van der Waals surface area contributed by atoms with Gasteiger partial charge < -0.3 is 4.74 Å². The lowest BCUT2D eigenvalue weighted by Gasteiger charge is -1.99. The lowest BCUT2D eigenvalue weighted by Crippen LogP contribution is -2.28. The molecule has 0 aromatic carbocycles. The van der Waals surface area contributed by atoms with Crippen molar-refractivity contribution in [1.29, 1.82) is 0 Å². The first kappa shape index (κ1) is 9.81. The quantitative estimate of drug-likeness (QED) is 0.328. The molecule has 4 heteroatoms. The molecule has 0 heterocycles. The van der Waals surface area contributed by atoms with Gasteiger partial charge in [-0.15, -0.1) is 0 Å². The molecular weight excluding hydrogens is 148 g/mol. The van der Waals surface area contributed by atoms with Crippen LogP contribution in [0.1, 0.15) is 13.8 Å². The highest BCUT2D eigenvalue weighted by Crippen LogP contribution is 1.95. The summed E-state index contributed by atoms with van der Waals surface area (Å²) in [6.45, 7) is 3.09. The topological polar surface area (TPSA) is 60.4 Å². The minimum atomic E-state index is -1.09. The van der Waals surface area contributed by atoms with Crippen LogP contribution in [0.5, 0.6) is 0 Å². The van der Waals surface area contributed by atoms with Crippen molar-refractivity contribution < 1.29 is 19.1 Å². The van der Waals surface area contributed by atoms with Gasteiger partial charge in [0, 0.05) is 5.92 Å². The summed E-state index contributed by atoms with van der Waals surface area (Å²) in [4.78, 5) is 31.9. The zero-order valence-electron chi connectivity index (χ0n) is 6.71. The second-order valence-corrected chi connectivity index (χ2v) is 2.34. The van der Waals surface area contributed by atoms with Crippen molar-refractivity contribution in [3.05, 3.63) is 0 Å². The third kappa shape index (κ3) is 2.49. The third-order valence-electron chi connectivity index (χ3n) is 1.12.